The molecule has 4 rings (SSSR count). The molecule has 0 aliphatic carbocycles. The Morgan fingerprint density at radius 3 is 2.44 bits per heavy atom. The number of rotatable bonds is 8. The van der Waals surface area contributed by atoms with E-state index in [1.807, 2.05) is 6.92 Å². The molecule has 3 heterocycles. The fraction of sp³-hybridized carbons (Fsp3) is 0.333. The third-order valence-corrected chi connectivity index (χ3v) is 5.63. The number of ketones is 1. The van der Waals surface area contributed by atoms with Crippen LogP contribution in [0.3, 0.4) is 0 Å². The fourth-order valence-electron chi connectivity index (χ4n) is 3.27. The second-order valence-corrected chi connectivity index (χ2v) is 8.96. The van der Waals surface area contributed by atoms with E-state index in [0.717, 1.165) is 17.5 Å². The van der Waals surface area contributed by atoms with Crippen molar-refractivity contribution in [2.24, 2.45) is 0 Å². The SMILES string of the molecule is Cc1cc(Nc2cc(N3CC(F)(F)C3)nc(Sc3ccc(CC(=O)CC(F)(F)F)cc3)n2)n[nH]1. The second-order valence-electron chi connectivity index (χ2n) is 7.92. The lowest BCUT2D eigenvalue weighted by Crippen LogP contribution is -2.56. The summed E-state index contributed by atoms with van der Waals surface area (Å²) in [5, 5.41) is 10.2. The predicted molar refractivity (Wildman–Crippen MR) is 116 cm³/mol. The highest BCUT2D eigenvalue weighted by atomic mass is 32.2. The molecule has 0 unspecified atom stereocenters. The Labute approximate surface area is 195 Å². The van der Waals surface area contributed by atoms with Gasteiger partial charge in [0.05, 0.1) is 13.1 Å². The minimum atomic E-state index is -4.53. The Kier molecular flexibility index (Phi) is 6.47. The molecule has 0 radical (unpaired) electrons. The molecule has 0 saturated carbocycles. The zero-order valence-corrected chi connectivity index (χ0v) is 18.6. The number of aromatic amines is 1. The van der Waals surface area contributed by atoms with Crippen LogP contribution in [-0.4, -0.2) is 51.1 Å². The molecule has 0 amide bonds. The summed E-state index contributed by atoms with van der Waals surface area (Å²) in [6, 6.07) is 9.70. The molecule has 13 heteroatoms. The molecule has 0 bridgehead atoms. The van der Waals surface area contributed by atoms with Crippen LogP contribution in [0.15, 0.2) is 46.5 Å². The number of nitrogens with one attached hydrogen (secondary N) is 2. The standard InChI is InChI=1S/C21H19F5N6OS/c1-12-6-17(31-30-12)27-16-8-18(32-10-20(22,23)11-32)29-19(28-16)34-15-4-2-13(3-5-15)7-14(33)9-21(24,25)26/h2-6,8H,7,9-11H2,1H3,(H2,27,28,29,30,31). The van der Waals surface area contributed by atoms with E-state index in [9.17, 15) is 26.7 Å². The van der Waals surface area contributed by atoms with Crippen LogP contribution in [0, 0.1) is 6.92 Å². The number of carbonyl (C=O) groups is 1. The number of aromatic nitrogens is 4. The molecule has 1 aromatic carbocycles. The summed E-state index contributed by atoms with van der Waals surface area (Å²) < 4.78 is 63.8. The predicted octanol–water partition coefficient (Wildman–Crippen LogP) is 4.92. The average molecular weight is 498 g/mol. The lowest BCUT2D eigenvalue weighted by atomic mass is 10.1. The highest BCUT2D eigenvalue weighted by Crippen LogP contribution is 2.34. The summed E-state index contributed by atoms with van der Waals surface area (Å²) >= 11 is 1.15. The van der Waals surface area contributed by atoms with E-state index in [2.05, 4.69) is 25.5 Å². The van der Waals surface area contributed by atoms with E-state index in [1.54, 1.807) is 36.4 Å². The molecular weight excluding hydrogens is 479 g/mol. The number of hydrogen-bond acceptors (Lipinski definition) is 7. The maximum atomic E-state index is 13.4. The van der Waals surface area contributed by atoms with E-state index in [-0.39, 0.29) is 11.6 Å². The number of H-pyrrole nitrogens is 1. The monoisotopic (exact) mass is 498 g/mol. The van der Waals surface area contributed by atoms with E-state index in [4.69, 9.17) is 0 Å². The van der Waals surface area contributed by atoms with Crippen LogP contribution in [-0.2, 0) is 11.2 Å². The molecule has 1 saturated heterocycles. The highest BCUT2D eigenvalue weighted by molar-refractivity contribution is 7.99. The molecule has 34 heavy (non-hydrogen) atoms. The third kappa shape index (κ3) is 6.43. The van der Waals surface area contributed by atoms with Crippen LogP contribution >= 0.6 is 11.8 Å². The van der Waals surface area contributed by atoms with Crippen LogP contribution < -0.4 is 10.2 Å². The van der Waals surface area contributed by atoms with Crippen molar-refractivity contribution in [3.8, 4) is 0 Å². The van der Waals surface area contributed by atoms with Crippen LogP contribution in [0.4, 0.5) is 39.4 Å². The molecule has 2 N–H and O–H groups in total. The summed E-state index contributed by atoms with van der Waals surface area (Å²) in [5.74, 6) is -2.50. The number of nitrogens with zero attached hydrogens (tertiary/aromatic N) is 4. The first kappa shape index (κ1) is 23.9. The molecule has 180 valence electrons. The normalized spacial score (nSPS) is 15.2. The lowest BCUT2D eigenvalue weighted by Gasteiger charge is -2.39. The Hall–Kier alpha value is -3.22. The van der Waals surface area contributed by atoms with E-state index in [0.29, 0.717) is 27.9 Å². The molecule has 2 aromatic heterocycles. The van der Waals surface area contributed by atoms with Gasteiger partial charge in [-0.15, -0.1) is 0 Å². The van der Waals surface area contributed by atoms with Gasteiger partial charge in [-0.25, -0.2) is 18.7 Å². The number of Topliss-reactive ketones (excluding diaryl/α,β-unsaturated/α-hetero) is 1. The van der Waals surface area contributed by atoms with Crippen LogP contribution in [0.2, 0.25) is 0 Å². The van der Waals surface area contributed by atoms with Crippen molar-refractivity contribution < 1.29 is 26.7 Å². The van der Waals surface area contributed by atoms with Crippen molar-refractivity contribution in [3.63, 3.8) is 0 Å². The van der Waals surface area contributed by atoms with E-state index in [1.165, 1.54) is 4.90 Å². The zero-order chi connectivity index (χ0) is 24.5. The summed E-state index contributed by atoms with van der Waals surface area (Å²) in [5.41, 5.74) is 1.27. The van der Waals surface area contributed by atoms with Gasteiger partial charge in [0.15, 0.2) is 11.0 Å². The fourth-order valence-corrected chi connectivity index (χ4v) is 4.03. The lowest BCUT2D eigenvalue weighted by molar-refractivity contribution is -0.151. The van der Waals surface area contributed by atoms with Gasteiger partial charge in [0, 0.05) is 29.1 Å². The van der Waals surface area contributed by atoms with Gasteiger partial charge >= 0.3 is 6.18 Å². The molecular formula is C21H19F5N6OS. The van der Waals surface area contributed by atoms with Crippen LogP contribution in [0.25, 0.3) is 0 Å². The van der Waals surface area contributed by atoms with E-state index < -0.39 is 37.4 Å². The van der Waals surface area contributed by atoms with E-state index >= 15 is 0 Å². The molecule has 7 nitrogen and oxygen atoms in total. The molecule has 3 aromatic rings. The molecule has 1 aliphatic heterocycles. The maximum Gasteiger partial charge on any atom is 0.395 e. The van der Waals surface area contributed by atoms with Gasteiger partial charge in [0.25, 0.3) is 5.92 Å². The largest absolute Gasteiger partial charge is 0.395 e. The first-order valence-corrected chi connectivity index (χ1v) is 10.9. The molecule has 0 spiro atoms. The summed E-state index contributed by atoms with van der Waals surface area (Å²) in [7, 11) is 0. The minimum Gasteiger partial charge on any atom is -0.344 e. The van der Waals surface area contributed by atoms with Gasteiger partial charge in [0.1, 0.15) is 23.8 Å². The quantitative estimate of drug-likeness (QED) is 0.337. The number of alkyl halides is 5. The van der Waals surface area contributed by atoms with Gasteiger partial charge in [0.2, 0.25) is 0 Å². The highest BCUT2D eigenvalue weighted by Gasteiger charge is 2.44. The van der Waals surface area contributed by atoms with Crippen molar-refractivity contribution in [2.45, 2.75) is 41.9 Å². The van der Waals surface area contributed by atoms with Crippen molar-refractivity contribution >= 4 is 35.0 Å². The topological polar surface area (TPSA) is 86.8 Å². The van der Waals surface area contributed by atoms with Crippen LogP contribution in [0.1, 0.15) is 17.7 Å². The number of benzene rings is 1. The van der Waals surface area contributed by atoms with Gasteiger partial charge in [-0.1, -0.05) is 12.1 Å². The number of halogens is 5. The average Bonchev–Trinajstić information content (AvgIpc) is 3.10. The van der Waals surface area contributed by atoms with Gasteiger partial charge in [-0.05, 0) is 36.4 Å². The smallest absolute Gasteiger partial charge is 0.344 e. The Balaban J connectivity index is 1.50. The zero-order valence-electron chi connectivity index (χ0n) is 17.8. The van der Waals surface area contributed by atoms with Gasteiger partial charge < -0.3 is 10.2 Å². The van der Waals surface area contributed by atoms with Gasteiger partial charge in [-0.3, -0.25) is 9.89 Å². The molecule has 1 fully saturated rings. The minimum absolute atomic E-state index is 0.281. The Morgan fingerprint density at radius 2 is 1.85 bits per heavy atom. The second kappa shape index (κ2) is 9.20. The number of aryl methyl sites for hydroxylation is 1. The van der Waals surface area contributed by atoms with Crippen molar-refractivity contribution in [2.75, 3.05) is 23.3 Å². The van der Waals surface area contributed by atoms with Crippen molar-refractivity contribution in [3.05, 3.63) is 47.7 Å². The number of anilines is 3. The van der Waals surface area contributed by atoms with Crippen molar-refractivity contribution in [1.29, 1.82) is 0 Å². The molecule has 0 atom stereocenters. The number of carbonyl (C=O) groups excluding carboxylic acids is 1. The summed E-state index contributed by atoms with van der Waals surface area (Å²) in [4.78, 5) is 22.4. The third-order valence-electron chi connectivity index (χ3n) is 4.75. The molecule has 1 aliphatic rings. The first-order chi connectivity index (χ1) is 15.9. The number of hydrogen-bond donors (Lipinski definition) is 2. The Bertz CT molecular complexity index is 1170. The maximum absolute atomic E-state index is 13.4. The Morgan fingerprint density at radius 1 is 1.15 bits per heavy atom. The van der Waals surface area contributed by atoms with Crippen molar-refractivity contribution in [1.82, 2.24) is 20.2 Å². The van der Waals surface area contributed by atoms with Crippen LogP contribution in [0.5, 0.6) is 0 Å². The summed E-state index contributed by atoms with van der Waals surface area (Å²) in [6.07, 6.45) is -6.32. The first-order valence-electron chi connectivity index (χ1n) is 10.1. The van der Waals surface area contributed by atoms with Gasteiger partial charge in [-0.2, -0.15) is 18.3 Å². The summed E-state index contributed by atoms with van der Waals surface area (Å²) in [6.45, 7) is 0.929.